The minimum atomic E-state index is -0.171. The average molecular weight is 264 g/mol. The van der Waals surface area contributed by atoms with Gasteiger partial charge in [0.1, 0.15) is 18.0 Å². The molecule has 0 amide bonds. The molecular formula is C14H20N2O3. The van der Waals surface area contributed by atoms with E-state index in [-0.39, 0.29) is 29.8 Å². The molecule has 1 aromatic heterocycles. The second kappa shape index (κ2) is 4.79. The Hall–Kier alpha value is -1.65. The van der Waals surface area contributed by atoms with Gasteiger partial charge in [-0.1, -0.05) is 35.8 Å². The monoisotopic (exact) mass is 264 g/mol. The number of carbonyl (C=O) groups excluding carboxylic acids is 1. The van der Waals surface area contributed by atoms with Gasteiger partial charge in [0.2, 0.25) is 0 Å². The first-order valence-electron chi connectivity index (χ1n) is 6.43. The molecule has 0 saturated heterocycles. The van der Waals surface area contributed by atoms with E-state index in [4.69, 9.17) is 4.74 Å². The second-order valence-corrected chi connectivity index (χ2v) is 5.97. The molecule has 1 heterocycles. The summed E-state index contributed by atoms with van der Waals surface area (Å²) in [4.78, 5) is 12.1. The van der Waals surface area contributed by atoms with Gasteiger partial charge in [-0.2, -0.15) is 0 Å². The summed E-state index contributed by atoms with van der Waals surface area (Å²) in [6.07, 6.45) is 2.15. The van der Waals surface area contributed by atoms with Crippen LogP contribution in [0.2, 0.25) is 0 Å². The fourth-order valence-electron chi connectivity index (χ4n) is 2.41. The van der Waals surface area contributed by atoms with Crippen molar-refractivity contribution < 1.29 is 14.2 Å². The van der Waals surface area contributed by atoms with Crippen LogP contribution in [0.4, 0.5) is 0 Å². The molecule has 5 nitrogen and oxygen atoms in total. The zero-order valence-corrected chi connectivity index (χ0v) is 12.1. The van der Waals surface area contributed by atoms with Crippen molar-refractivity contribution >= 4 is 5.97 Å². The van der Waals surface area contributed by atoms with Gasteiger partial charge in [0.05, 0.1) is 5.92 Å². The maximum absolute atomic E-state index is 12.1. The molecule has 104 valence electrons. The van der Waals surface area contributed by atoms with E-state index in [1.807, 2.05) is 13.8 Å². The van der Waals surface area contributed by atoms with Crippen molar-refractivity contribution in [3.05, 3.63) is 23.0 Å². The van der Waals surface area contributed by atoms with E-state index in [1.165, 1.54) is 5.57 Å². The number of ether oxygens (including phenoxy) is 1. The number of esters is 1. The van der Waals surface area contributed by atoms with E-state index >= 15 is 0 Å². The highest BCUT2D eigenvalue weighted by atomic mass is 16.6. The topological polar surface area (TPSA) is 65.2 Å². The van der Waals surface area contributed by atoms with Gasteiger partial charge in [0.15, 0.2) is 0 Å². The van der Waals surface area contributed by atoms with Crippen LogP contribution >= 0.6 is 0 Å². The van der Waals surface area contributed by atoms with Gasteiger partial charge in [-0.05, 0) is 32.1 Å². The van der Waals surface area contributed by atoms with Crippen molar-refractivity contribution in [1.29, 1.82) is 0 Å². The van der Waals surface area contributed by atoms with E-state index in [2.05, 4.69) is 34.9 Å². The molecule has 19 heavy (non-hydrogen) atoms. The third-order valence-corrected chi connectivity index (χ3v) is 3.78. The molecule has 0 spiro atoms. The van der Waals surface area contributed by atoms with E-state index in [0.29, 0.717) is 11.4 Å². The Labute approximate surface area is 113 Å². The Balaban J connectivity index is 1.95. The second-order valence-electron chi connectivity index (χ2n) is 5.97. The lowest BCUT2D eigenvalue weighted by Crippen LogP contribution is -2.11. The summed E-state index contributed by atoms with van der Waals surface area (Å²) in [5.74, 6) is 0.0268. The van der Waals surface area contributed by atoms with E-state index in [0.717, 1.165) is 0 Å². The SMILES string of the molecule is CC(C)=C[C@H]1[C@@H](C(=O)OCc2nonc2C)C1(C)C. The van der Waals surface area contributed by atoms with Crippen LogP contribution < -0.4 is 0 Å². The van der Waals surface area contributed by atoms with Gasteiger partial charge in [0.25, 0.3) is 0 Å². The number of hydrogen-bond donors (Lipinski definition) is 0. The highest BCUT2D eigenvalue weighted by Crippen LogP contribution is 2.59. The van der Waals surface area contributed by atoms with Crippen LogP contribution in [0.25, 0.3) is 0 Å². The normalized spacial score (nSPS) is 23.8. The van der Waals surface area contributed by atoms with E-state index in [9.17, 15) is 4.79 Å². The molecule has 2 rings (SSSR count). The molecule has 1 saturated carbocycles. The first-order chi connectivity index (χ1) is 8.84. The first-order valence-corrected chi connectivity index (χ1v) is 6.43. The van der Waals surface area contributed by atoms with Gasteiger partial charge in [-0.25, -0.2) is 4.63 Å². The molecule has 0 N–H and O–H groups in total. The number of allylic oxidation sites excluding steroid dienone is 2. The number of carbonyl (C=O) groups is 1. The fraction of sp³-hybridized carbons (Fsp3) is 0.643. The smallest absolute Gasteiger partial charge is 0.310 e. The lowest BCUT2D eigenvalue weighted by Gasteiger charge is -2.03. The third-order valence-electron chi connectivity index (χ3n) is 3.78. The van der Waals surface area contributed by atoms with Gasteiger partial charge in [-0.3, -0.25) is 4.79 Å². The molecule has 0 aromatic carbocycles. The van der Waals surface area contributed by atoms with Crippen LogP contribution in [-0.2, 0) is 16.1 Å². The van der Waals surface area contributed by atoms with Crippen molar-refractivity contribution in [2.45, 2.75) is 41.2 Å². The van der Waals surface area contributed by atoms with Crippen molar-refractivity contribution in [3.8, 4) is 0 Å². The molecule has 5 heteroatoms. The average Bonchev–Trinajstić information content (AvgIpc) is 2.66. The van der Waals surface area contributed by atoms with E-state index < -0.39 is 0 Å². The van der Waals surface area contributed by atoms with Gasteiger partial charge in [0, 0.05) is 0 Å². The minimum Gasteiger partial charge on any atom is -0.459 e. The number of hydrogen-bond acceptors (Lipinski definition) is 5. The lowest BCUT2D eigenvalue weighted by molar-refractivity contribution is -0.147. The van der Waals surface area contributed by atoms with Crippen LogP contribution in [0.3, 0.4) is 0 Å². The molecule has 1 aliphatic carbocycles. The zero-order valence-electron chi connectivity index (χ0n) is 12.1. The molecule has 0 aliphatic heterocycles. The largest absolute Gasteiger partial charge is 0.459 e. The quantitative estimate of drug-likeness (QED) is 0.618. The molecule has 1 aliphatic rings. The summed E-state index contributed by atoms with van der Waals surface area (Å²) in [5.41, 5.74) is 2.44. The summed E-state index contributed by atoms with van der Waals surface area (Å²) in [6, 6.07) is 0. The van der Waals surface area contributed by atoms with Crippen LogP contribution in [0.1, 0.15) is 39.1 Å². The Kier molecular flexibility index (Phi) is 3.47. The van der Waals surface area contributed by atoms with E-state index in [1.54, 1.807) is 6.92 Å². The molecule has 2 atom stereocenters. The van der Waals surface area contributed by atoms with Crippen LogP contribution in [0, 0.1) is 24.2 Å². The van der Waals surface area contributed by atoms with Crippen LogP contribution in [-0.4, -0.2) is 16.3 Å². The van der Waals surface area contributed by atoms with Crippen molar-refractivity contribution in [3.63, 3.8) is 0 Å². The van der Waals surface area contributed by atoms with Crippen molar-refractivity contribution in [1.82, 2.24) is 10.3 Å². The fourth-order valence-corrected chi connectivity index (χ4v) is 2.41. The van der Waals surface area contributed by atoms with Gasteiger partial charge < -0.3 is 4.74 Å². The number of nitrogens with zero attached hydrogens (tertiary/aromatic N) is 2. The van der Waals surface area contributed by atoms with Gasteiger partial charge in [-0.15, -0.1) is 0 Å². The molecule has 1 fully saturated rings. The van der Waals surface area contributed by atoms with Crippen molar-refractivity contribution in [2.75, 3.05) is 0 Å². The molecule has 0 unspecified atom stereocenters. The summed E-state index contributed by atoms with van der Waals surface area (Å²) in [7, 11) is 0. The number of aromatic nitrogens is 2. The highest BCUT2D eigenvalue weighted by molar-refractivity contribution is 5.78. The van der Waals surface area contributed by atoms with Crippen LogP contribution in [0.15, 0.2) is 16.3 Å². The molecular weight excluding hydrogens is 244 g/mol. The molecule has 1 aromatic rings. The minimum absolute atomic E-state index is 0.0223. The standard InChI is InChI=1S/C14H20N2O3/c1-8(2)6-10-12(14(10,4)5)13(17)18-7-11-9(3)15-19-16-11/h6,10,12H,7H2,1-5H3/t10-,12-/m0/s1. The third kappa shape index (κ3) is 2.69. The molecule has 0 bridgehead atoms. The Morgan fingerprint density at radius 2 is 2.11 bits per heavy atom. The maximum atomic E-state index is 12.1. The maximum Gasteiger partial charge on any atom is 0.310 e. The lowest BCUT2D eigenvalue weighted by atomic mass is 10.1. The predicted molar refractivity (Wildman–Crippen MR) is 69.0 cm³/mol. The number of aryl methyl sites for hydroxylation is 1. The Morgan fingerprint density at radius 1 is 1.42 bits per heavy atom. The summed E-state index contributed by atoms with van der Waals surface area (Å²) >= 11 is 0. The zero-order chi connectivity index (χ0) is 14.2. The van der Waals surface area contributed by atoms with Crippen LogP contribution in [0.5, 0.6) is 0 Å². The highest BCUT2D eigenvalue weighted by Gasteiger charge is 2.61. The predicted octanol–water partition coefficient (Wildman–Crippen LogP) is 2.66. The summed E-state index contributed by atoms with van der Waals surface area (Å²) in [6.45, 7) is 10.2. The van der Waals surface area contributed by atoms with Gasteiger partial charge >= 0.3 is 5.97 Å². The first kappa shape index (κ1) is 13.8. The number of rotatable bonds is 4. The summed E-state index contributed by atoms with van der Waals surface area (Å²) < 4.78 is 9.88. The Bertz CT molecular complexity index is 513. The summed E-state index contributed by atoms with van der Waals surface area (Å²) in [5, 5.41) is 7.35. The van der Waals surface area contributed by atoms with Crippen molar-refractivity contribution in [2.24, 2.45) is 17.3 Å². The Morgan fingerprint density at radius 3 is 2.63 bits per heavy atom. The molecule has 0 radical (unpaired) electrons.